The lowest BCUT2D eigenvalue weighted by Crippen LogP contribution is -2.01. The van der Waals surface area contributed by atoms with Crippen molar-refractivity contribution in [1.29, 1.82) is 0 Å². The summed E-state index contributed by atoms with van der Waals surface area (Å²) in [5, 5.41) is 5.65. The van der Waals surface area contributed by atoms with E-state index in [9.17, 15) is 0 Å². The molecule has 15 heavy (non-hydrogen) atoms. The number of alkyl halides is 3. The Labute approximate surface area is 111 Å². The van der Waals surface area contributed by atoms with Gasteiger partial charge in [-0.25, -0.2) is 4.09 Å². The van der Waals surface area contributed by atoms with E-state index in [0.717, 1.165) is 22.9 Å². The monoisotopic (exact) mass is 300 g/mol. The van der Waals surface area contributed by atoms with Gasteiger partial charge in [-0.1, -0.05) is 46.4 Å². The summed E-state index contributed by atoms with van der Waals surface area (Å²) in [5.41, 5.74) is 0.857. The van der Waals surface area contributed by atoms with Gasteiger partial charge >= 0.3 is 0 Å². The molecule has 0 atom stereocenters. The predicted molar refractivity (Wildman–Crippen MR) is 68.0 cm³/mol. The summed E-state index contributed by atoms with van der Waals surface area (Å²) in [5.74, 6) is 0. The SMILES string of the molecule is Clc1ccc2c(cnn2SC(Cl)(Cl)Cl)c1. The molecule has 0 aliphatic heterocycles. The molecule has 0 fully saturated rings. The van der Waals surface area contributed by atoms with Gasteiger partial charge in [0, 0.05) is 22.4 Å². The highest BCUT2D eigenvalue weighted by molar-refractivity contribution is 8.03. The molecule has 0 saturated heterocycles. The summed E-state index contributed by atoms with van der Waals surface area (Å²) in [6.07, 6.45) is 1.67. The van der Waals surface area contributed by atoms with Crippen LogP contribution in [0.15, 0.2) is 24.4 Å². The third-order valence-electron chi connectivity index (χ3n) is 1.69. The van der Waals surface area contributed by atoms with Crippen LogP contribution in [0.3, 0.4) is 0 Å². The van der Waals surface area contributed by atoms with Gasteiger partial charge in [0.05, 0.1) is 11.7 Å². The third kappa shape index (κ3) is 2.86. The Kier molecular flexibility index (Phi) is 3.29. The highest BCUT2D eigenvalue weighted by Gasteiger charge is 2.23. The number of rotatable bonds is 1. The minimum Gasteiger partial charge on any atom is -0.202 e. The van der Waals surface area contributed by atoms with Gasteiger partial charge in [-0.05, 0) is 18.2 Å². The molecule has 0 saturated carbocycles. The number of nitrogens with zero attached hydrogens (tertiary/aromatic N) is 2. The van der Waals surface area contributed by atoms with Crippen LogP contribution >= 0.6 is 58.4 Å². The van der Waals surface area contributed by atoms with Crippen LogP contribution in [0, 0.1) is 0 Å². The molecular weight excluding hydrogens is 298 g/mol. The Morgan fingerprint density at radius 2 is 2.00 bits per heavy atom. The molecule has 2 nitrogen and oxygen atoms in total. The fraction of sp³-hybridized carbons (Fsp3) is 0.125. The molecule has 1 heterocycles. The van der Waals surface area contributed by atoms with Crippen LogP contribution in [0.25, 0.3) is 10.9 Å². The van der Waals surface area contributed by atoms with Gasteiger partial charge in [0.25, 0.3) is 3.12 Å². The number of fused-ring (bicyclic) bond motifs is 1. The largest absolute Gasteiger partial charge is 0.258 e. The predicted octanol–water partition coefficient (Wildman–Crippen LogP) is 4.51. The maximum atomic E-state index is 5.84. The molecule has 2 aromatic rings. The molecule has 0 N–H and O–H groups in total. The molecule has 80 valence electrons. The van der Waals surface area contributed by atoms with Crippen LogP contribution < -0.4 is 0 Å². The van der Waals surface area contributed by atoms with E-state index in [1.54, 1.807) is 22.4 Å². The van der Waals surface area contributed by atoms with Crippen molar-refractivity contribution in [2.45, 2.75) is 3.12 Å². The Hall–Kier alpha value is 0.200. The van der Waals surface area contributed by atoms with Crippen molar-refractivity contribution in [2.75, 3.05) is 0 Å². The zero-order valence-electron chi connectivity index (χ0n) is 7.12. The van der Waals surface area contributed by atoms with Crippen molar-refractivity contribution in [1.82, 2.24) is 9.19 Å². The molecule has 2 rings (SSSR count). The first kappa shape index (κ1) is 11.7. The number of halogens is 4. The summed E-state index contributed by atoms with van der Waals surface area (Å²) in [7, 11) is 0. The second kappa shape index (κ2) is 4.22. The lowest BCUT2D eigenvalue weighted by Gasteiger charge is -2.09. The third-order valence-corrected chi connectivity index (χ3v) is 3.21. The molecule has 0 amide bonds. The molecule has 0 aliphatic rings. The Bertz CT molecular complexity index is 491. The first-order valence-electron chi connectivity index (χ1n) is 3.85. The Morgan fingerprint density at radius 1 is 1.27 bits per heavy atom. The van der Waals surface area contributed by atoms with E-state index in [2.05, 4.69) is 5.10 Å². The summed E-state index contributed by atoms with van der Waals surface area (Å²) in [4.78, 5) is 0. The van der Waals surface area contributed by atoms with E-state index >= 15 is 0 Å². The maximum Gasteiger partial charge on any atom is 0.258 e. The smallest absolute Gasteiger partial charge is 0.202 e. The molecule has 0 radical (unpaired) electrons. The minimum absolute atomic E-state index is 0.654. The van der Waals surface area contributed by atoms with Crippen LogP contribution in [0.4, 0.5) is 0 Å². The van der Waals surface area contributed by atoms with Crippen LogP contribution in [-0.2, 0) is 0 Å². The van der Waals surface area contributed by atoms with Gasteiger partial charge in [0.2, 0.25) is 0 Å². The Balaban J connectivity index is 2.45. The minimum atomic E-state index is -1.43. The van der Waals surface area contributed by atoms with Gasteiger partial charge in [0.15, 0.2) is 0 Å². The van der Waals surface area contributed by atoms with Crippen LogP contribution in [-0.4, -0.2) is 12.3 Å². The number of hydrogen-bond donors (Lipinski definition) is 0. The van der Waals surface area contributed by atoms with Crippen molar-refractivity contribution in [3.05, 3.63) is 29.4 Å². The lowest BCUT2D eigenvalue weighted by molar-refractivity contribution is 1.04. The molecule has 0 unspecified atom stereocenters. The van der Waals surface area contributed by atoms with E-state index in [4.69, 9.17) is 46.4 Å². The molecule has 7 heteroatoms. The summed E-state index contributed by atoms with van der Waals surface area (Å²) in [6.45, 7) is 0. The van der Waals surface area contributed by atoms with E-state index < -0.39 is 3.12 Å². The van der Waals surface area contributed by atoms with E-state index in [-0.39, 0.29) is 0 Å². The molecule has 0 bridgehead atoms. The molecular formula is C8H4Cl4N2S. The summed E-state index contributed by atoms with van der Waals surface area (Å²) in [6, 6.07) is 5.40. The second-order valence-corrected chi connectivity index (χ2v) is 7.29. The highest BCUT2D eigenvalue weighted by Crippen LogP contribution is 2.40. The highest BCUT2D eigenvalue weighted by atomic mass is 35.6. The average Bonchev–Trinajstić information content (AvgIpc) is 2.45. The van der Waals surface area contributed by atoms with Gasteiger partial charge < -0.3 is 0 Å². The first-order valence-corrected chi connectivity index (χ1v) is 6.14. The van der Waals surface area contributed by atoms with E-state index in [1.807, 2.05) is 6.07 Å². The van der Waals surface area contributed by atoms with Crippen molar-refractivity contribution in [3.8, 4) is 0 Å². The zero-order valence-corrected chi connectivity index (χ0v) is 11.0. The maximum absolute atomic E-state index is 5.84. The molecule has 1 aromatic carbocycles. The fourth-order valence-electron chi connectivity index (χ4n) is 1.15. The first-order chi connectivity index (χ1) is 6.96. The molecule has 0 aliphatic carbocycles. The van der Waals surface area contributed by atoms with E-state index in [1.165, 1.54) is 0 Å². The zero-order chi connectivity index (χ0) is 11.1. The average molecular weight is 302 g/mol. The van der Waals surface area contributed by atoms with Crippen LogP contribution in [0.2, 0.25) is 5.02 Å². The quantitative estimate of drug-likeness (QED) is 0.721. The second-order valence-electron chi connectivity index (χ2n) is 2.76. The topological polar surface area (TPSA) is 17.8 Å². The normalized spacial score (nSPS) is 12.3. The number of hydrogen-bond acceptors (Lipinski definition) is 2. The number of aromatic nitrogens is 2. The number of benzene rings is 1. The molecule has 0 spiro atoms. The lowest BCUT2D eigenvalue weighted by atomic mass is 10.3. The Morgan fingerprint density at radius 3 is 2.67 bits per heavy atom. The van der Waals surface area contributed by atoms with Crippen LogP contribution in [0.1, 0.15) is 0 Å². The summed E-state index contributed by atoms with van der Waals surface area (Å²) >= 11 is 23.8. The van der Waals surface area contributed by atoms with Crippen LogP contribution in [0.5, 0.6) is 0 Å². The van der Waals surface area contributed by atoms with E-state index in [0.29, 0.717) is 5.02 Å². The van der Waals surface area contributed by atoms with Gasteiger partial charge in [-0.15, -0.1) is 0 Å². The van der Waals surface area contributed by atoms with Gasteiger partial charge in [0.1, 0.15) is 0 Å². The standard InChI is InChI=1S/C8H4Cl4N2S/c9-6-1-2-7-5(3-6)4-13-14(7)15-8(10,11)12/h1-4H. The van der Waals surface area contributed by atoms with Gasteiger partial charge in [-0.3, -0.25) is 0 Å². The van der Waals surface area contributed by atoms with Gasteiger partial charge in [-0.2, -0.15) is 5.10 Å². The molecule has 1 aromatic heterocycles. The fourth-order valence-corrected chi connectivity index (χ4v) is 2.47. The van der Waals surface area contributed by atoms with Crippen molar-refractivity contribution < 1.29 is 0 Å². The van der Waals surface area contributed by atoms with Crippen molar-refractivity contribution in [3.63, 3.8) is 0 Å². The van der Waals surface area contributed by atoms with Crippen molar-refractivity contribution >= 4 is 69.3 Å². The summed E-state index contributed by atoms with van der Waals surface area (Å²) < 4.78 is 0.122. The van der Waals surface area contributed by atoms with Crippen molar-refractivity contribution in [2.24, 2.45) is 0 Å².